The van der Waals surface area contributed by atoms with Gasteiger partial charge in [-0.1, -0.05) is 26.0 Å². The van der Waals surface area contributed by atoms with Gasteiger partial charge in [0.1, 0.15) is 6.54 Å². The Balaban J connectivity index is 2.76. The van der Waals surface area contributed by atoms with Gasteiger partial charge < -0.3 is 20.3 Å². The first-order valence-corrected chi connectivity index (χ1v) is 7.98. The number of ether oxygens (including phenoxy) is 1. The Kier molecular flexibility index (Phi) is 6.22. The van der Waals surface area contributed by atoms with Gasteiger partial charge >= 0.3 is 0 Å². The van der Waals surface area contributed by atoms with Crippen molar-refractivity contribution in [2.24, 2.45) is 10.4 Å². The zero-order valence-electron chi connectivity index (χ0n) is 15.6. The van der Waals surface area contributed by atoms with Gasteiger partial charge in [0.25, 0.3) is 0 Å². The van der Waals surface area contributed by atoms with Gasteiger partial charge in [-0.15, -0.1) is 0 Å². The Hall–Kier alpha value is -1.56. The molecule has 1 aliphatic carbocycles. The molecule has 6 heteroatoms. The van der Waals surface area contributed by atoms with Crippen LogP contribution >= 0.6 is 0 Å². The SMILES string of the molecule is C=C(C)CNC(=NCC(=O)N(C)C)NC1CC(C)(OC)C1(C)C. The van der Waals surface area contributed by atoms with Crippen LogP contribution in [0.1, 0.15) is 34.1 Å². The van der Waals surface area contributed by atoms with E-state index < -0.39 is 0 Å². The van der Waals surface area contributed by atoms with E-state index in [1.165, 1.54) is 4.90 Å². The number of amides is 1. The summed E-state index contributed by atoms with van der Waals surface area (Å²) in [5.74, 6) is 0.607. The smallest absolute Gasteiger partial charge is 0.243 e. The monoisotopic (exact) mass is 324 g/mol. The summed E-state index contributed by atoms with van der Waals surface area (Å²) < 4.78 is 5.65. The summed E-state index contributed by atoms with van der Waals surface area (Å²) in [6.45, 7) is 13.1. The Morgan fingerprint density at radius 3 is 2.43 bits per heavy atom. The van der Waals surface area contributed by atoms with Crippen molar-refractivity contribution in [3.8, 4) is 0 Å². The Morgan fingerprint density at radius 1 is 1.39 bits per heavy atom. The molecule has 2 unspecified atom stereocenters. The summed E-state index contributed by atoms with van der Waals surface area (Å²) in [5.41, 5.74) is 0.829. The zero-order valence-corrected chi connectivity index (χ0v) is 15.6. The second-order valence-corrected chi connectivity index (χ2v) is 7.32. The Labute approximate surface area is 140 Å². The van der Waals surface area contributed by atoms with Gasteiger partial charge in [-0.25, -0.2) is 4.99 Å². The van der Waals surface area contributed by atoms with Gasteiger partial charge in [0.15, 0.2) is 5.96 Å². The summed E-state index contributed by atoms with van der Waals surface area (Å²) in [6.07, 6.45) is 0.895. The first-order chi connectivity index (χ1) is 10.5. The minimum absolute atomic E-state index is 0.0288. The molecular formula is C17H32N4O2. The number of rotatable bonds is 6. The molecular weight excluding hydrogens is 292 g/mol. The predicted octanol–water partition coefficient (Wildman–Crippen LogP) is 1.39. The molecule has 0 aromatic rings. The number of guanidine groups is 1. The molecule has 2 N–H and O–H groups in total. The van der Waals surface area contributed by atoms with Crippen molar-refractivity contribution in [1.29, 1.82) is 0 Å². The maximum atomic E-state index is 11.8. The van der Waals surface area contributed by atoms with Crippen LogP contribution in [0.3, 0.4) is 0 Å². The molecule has 1 rings (SSSR count). The topological polar surface area (TPSA) is 66.0 Å². The molecule has 0 aliphatic heterocycles. The van der Waals surface area contributed by atoms with Crippen molar-refractivity contribution in [2.45, 2.75) is 45.8 Å². The molecule has 23 heavy (non-hydrogen) atoms. The van der Waals surface area contributed by atoms with Crippen LogP contribution in [0.25, 0.3) is 0 Å². The number of nitrogens with zero attached hydrogens (tertiary/aromatic N) is 2. The van der Waals surface area contributed by atoms with Crippen molar-refractivity contribution in [2.75, 3.05) is 34.3 Å². The third kappa shape index (κ3) is 4.47. The molecule has 0 heterocycles. The Morgan fingerprint density at radius 2 is 2.00 bits per heavy atom. The molecule has 132 valence electrons. The number of hydrogen-bond acceptors (Lipinski definition) is 3. The van der Waals surface area contributed by atoms with Gasteiger partial charge in [0.05, 0.1) is 5.60 Å². The van der Waals surface area contributed by atoms with E-state index in [0.717, 1.165) is 12.0 Å². The molecule has 0 radical (unpaired) electrons. The van der Waals surface area contributed by atoms with E-state index in [9.17, 15) is 4.79 Å². The molecule has 0 bridgehead atoms. The summed E-state index contributed by atoms with van der Waals surface area (Å²) in [7, 11) is 5.21. The molecule has 0 spiro atoms. The molecule has 1 saturated carbocycles. The third-order valence-electron chi connectivity index (χ3n) is 5.02. The third-order valence-corrected chi connectivity index (χ3v) is 5.02. The molecule has 1 fully saturated rings. The van der Waals surface area contributed by atoms with Crippen molar-refractivity contribution < 1.29 is 9.53 Å². The van der Waals surface area contributed by atoms with Gasteiger partial charge in [0.2, 0.25) is 5.91 Å². The second kappa shape index (κ2) is 7.34. The first kappa shape index (κ1) is 19.5. The van der Waals surface area contributed by atoms with E-state index in [1.807, 2.05) is 6.92 Å². The van der Waals surface area contributed by atoms with Crippen LogP contribution in [-0.2, 0) is 9.53 Å². The highest BCUT2D eigenvalue weighted by atomic mass is 16.5. The number of likely N-dealkylation sites (N-methyl/N-ethyl adjacent to an activating group) is 1. The van der Waals surface area contributed by atoms with E-state index in [0.29, 0.717) is 12.5 Å². The average molecular weight is 324 g/mol. The van der Waals surface area contributed by atoms with Crippen molar-refractivity contribution in [3.63, 3.8) is 0 Å². The first-order valence-electron chi connectivity index (χ1n) is 7.98. The molecule has 1 amide bonds. The second-order valence-electron chi connectivity index (χ2n) is 7.32. The molecule has 6 nitrogen and oxygen atoms in total. The van der Waals surface area contributed by atoms with Crippen LogP contribution in [0.5, 0.6) is 0 Å². The number of carbonyl (C=O) groups is 1. The van der Waals surface area contributed by atoms with Crippen LogP contribution in [0.4, 0.5) is 0 Å². The minimum atomic E-state index is -0.149. The number of carbonyl (C=O) groups excluding carboxylic acids is 1. The van der Waals surface area contributed by atoms with Crippen molar-refractivity contribution in [1.82, 2.24) is 15.5 Å². The molecule has 0 aromatic carbocycles. The lowest BCUT2D eigenvalue weighted by Crippen LogP contribution is -2.69. The molecule has 2 atom stereocenters. The lowest BCUT2D eigenvalue weighted by molar-refractivity contribution is -0.176. The van der Waals surface area contributed by atoms with Crippen LogP contribution in [0.15, 0.2) is 17.1 Å². The minimum Gasteiger partial charge on any atom is -0.378 e. The van der Waals surface area contributed by atoms with E-state index in [-0.39, 0.29) is 29.5 Å². The van der Waals surface area contributed by atoms with Crippen LogP contribution in [-0.4, -0.2) is 62.7 Å². The van der Waals surface area contributed by atoms with Gasteiger partial charge in [-0.05, 0) is 20.3 Å². The summed E-state index contributed by atoms with van der Waals surface area (Å²) in [4.78, 5) is 17.7. The van der Waals surface area contributed by atoms with Crippen LogP contribution < -0.4 is 10.6 Å². The fraction of sp³-hybridized carbons (Fsp3) is 0.765. The molecule has 0 saturated heterocycles. The molecule has 1 aliphatic rings. The summed E-state index contributed by atoms with van der Waals surface area (Å²) in [5, 5.41) is 6.65. The van der Waals surface area contributed by atoms with Crippen LogP contribution in [0.2, 0.25) is 0 Å². The number of nitrogens with one attached hydrogen (secondary N) is 2. The fourth-order valence-electron chi connectivity index (χ4n) is 2.56. The van der Waals surface area contributed by atoms with Gasteiger partial charge in [-0.3, -0.25) is 4.79 Å². The van der Waals surface area contributed by atoms with Gasteiger partial charge in [-0.2, -0.15) is 0 Å². The number of methoxy groups -OCH3 is 1. The maximum Gasteiger partial charge on any atom is 0.243 e. The lowest BCUT2D eigenvalue weighted by atomic mass is 9.56. The number of hydrogen-bond donors (Lipinski definition) is 2. The van der Waals surface area contributed by atoms with E-state index in [1.54, 1.807) is 21.2 Å². The maximum absolute atomic E-state index is 11.8. The number of aliphatic imine (C=N–C) groups is 1. The highest BCUT2D eigenvalue weighted by molar-refractivity contribution is 5.85. The van der Waals surface area contributed by atoms with Crippen LogP contribution in [0, 0.1) is 5.41 Å². The van der Waals surface area contributed by atoms with Crippen molar-refractivity contribution in [3.05, 3.63) is 12.2 Å². The molecule has 0 aromatic heterocycles. The zero-order chi connectivity index (χ0) is 17.8. The highest BCUT2D eigenvalue weighted by Gasteiger charge is 2.58. The van der Waals surface area contributed by atoms with Gasteiger partial charge in [0, 0.05) is 39.2 Å². The normalized spacial score (nSPS) is 26.2. The lowest BCUT2D eigenvalue weighted by Gasteiger charge is -2.59. The summed E-state index contributed by atoms with van der Waals surface area (Å²) >= 11 is 0. The predicted molar refractivity (Wildman–Crippen MR) is 94.5 cm³/mol. The average Bonchev–Trinajstić information content (AvgIpc) is 2.47. The standard InChI is InChI=1S/C17H32N4O2/c1-12(2)10-18-15(19-11-14(22)21(6)7)20-13-9-17(5,23-8)16(13,3)4/h13H,1,9-11H2,2-8H3,(H2,18,19,20). The highest BCUT2D eigenvalue weighted by Crippen LogP contribution is 2.51. The van der Waals surface area contributed by atoms with E-state index in [2.05, 4.69) is 43.0 Å². The van der Waals surface area contributed by atoms with E-state index >= 15 is 0 Å². The van der Waals surface area contributed by atoms with E-state index in [4.69, 9.17) is 4.74 Å². The quantitative estimate of drug-likeness (QED) is 0.440. The summed E-state index contributed by atoms with van der Waals surface area (Å²) in [6, 6.07) is 0.235. The van der Waals surface area contributed by atoms with Crippen molar-refractivity contribution >= 4 is 11.9 Å². The Bertz CT molecular complexity index is 485. The largest absolute Gasteiger partial charge is 0.378 e. The fourth-order valence-corrected chi connectivity index (χ4v) is 2.56.